The Balaban J connectivity index is 1.18. The van der Waals surface area contributed by atoms with Gasteiger partial charge < -0.3 is 14.7 Å². The molecule has 0 bridgehead atoms. The predicted octanol–water partition coefficient (Wildman–Crippen LogP) is 4.68. The molecule has 2 fully saturated rings. The van der Waals surface area contributed by atoms with Crippen LogP contribution in [0.2, 0.25) is 0 Å². The van der Waals surface area contributed by atoms with Crippen molar-refractivity contribution < 1.29 is 4.79 Å². The molecule has 2 aliphatic rings. The van der Waals surface area contributed by atoms with Gasteiger partial charge in [0.05, 0.1) is 11.4 Å². The molecule has 2 aliphatic heterocycles. The van der Waals surface area contributed by atoms with Gasteiger partial charge in [-0.25, -0.2) is 4.31 Å². The molecule has 35 heavy (non-hydrogen) atoms. The quantitative estimate of drug-likeness (QED) is 0.485. The normalized spacial score (nSPS) is 19.2. The summed E-state index contributed by atoms with van der Waals surface area (Å²) in [5, 5.41) is 1.19. The SMILES string of the molecule is Cc1ccc2c(N3CCN(C(=O)C4CCCN(Sc5ccc(N(C)C)cc5)C4)CC3)ccnc2c1. The Bertz CT molecular complexity index is 1170. The van der Waals surface area contributed by atoms with E-state index in [2.05, 4.69) is 93.5 Å². The maximum atomic E-state index is 13.4. The van der Waals surface area contributed by atoms with E-state index in [1.165, 1.54) is 27.2 Å². The van der Waals surface area contributed by atoms with Gasteiger partial charge in [-0.3, -0.25) is 9.78 Å². The van der Waals surface area contributed by atoms with Crippen LogP contribution < -0.4 is 9.80 Å². The van der Waals surface area contributed by atoms with E-state index < -0.39 is 0 Å². The van der Waals surface area contributed by atoms with E-state index in [-0.39, 0.29) is 5.92 Å². The number of nitrogens with zero attached hydrogens (tertiary/aromatic N) is 5. The number of aromatic nitrogens is 1. The maximum absolute atomic E-state index is 13.4. The molecule has 0 radical (unpaired) electrons. The molecule has 184 valence electrons. The van der Waals surface area contributed by atoms with Gasteiger partial charge in [-0.15, -0.1) is 0 Å². The number of benzene rings is 2. The summed E-state index contributed by atoms with van der Waals surface area (Å²) in [5.41, 5.74) is 4.69. The average Bonchev–Trinajstić information content (AvgIpc) is 2.88. The summed E-state index contributed by atoms with van der Waals surface area (Å²) in [5.74, 6) is 0.418. The maximum Gasteiger partial charge on any atom is 0.227 e. The molecule has 6 nitrogen and oxygen atoms in total. The van der Waals surface area contributed by atoms with Crippen LogP contribution in [0, 0.1) is 12.8 Å². The highest BCUT2D eigenvalue weighted by molar-refractivity contribution is 7.97. The lowest BCUT2D eigenvalue weighted by molar-refractivity contribution is -0.136. The van der Waals surface area contributed by atoms with Crippen molar-refractivity contribution in [2.75, 3.05) is 63.2 Å². The molecule has 5 rings (SSSR count). The van der Waals surface area contributed by atoms with E-state index in [1.54, 1.807) is 11.9 Å². The summed E-state index contributed by atoms with van der Waals surface area (Å²) in [6.45, 7) is 7.25. The van der Waals surface area contributed by atoms with E-state index >= 15 is 0 Å². The molecule has 2 saturated heterocycles. The number of piperazine rings is 1. The first-order valence-corrected chi connectivity index (χ1v) is 13.3. The molecule has 2 aromatic carbocycles. The number of hydrogen-bond donors (Lipinski definition) is 0. The zero-order valence-corrected chi connectivity index (χ0v) is 21.8. The number of fused-ring (bicyclic) bond motifs is 1. The van der Waals surface area contributed by atoms with Crippen molar-refractivity contribution in [1.29, 1.82) is 0 Å². The summed E-state index contributed by atoms with van der Waals surface area (Å²) in [6.07, 6.45) is 3.96. The number of amides is 1. The molecule has 0 saturated carbocycles. The van der Waals surface area contributed by atoms with Crippen molar-refractivity contribution in [3.63, 3.8) is 0 Å². The number of aryl methyl sites for hydroxylation is 1. The summed E-state index contributed by atoms with van der Waals surface area (Å²) in [4.78, 5) is 25.8. The summed E-state index contributed by atoms with van der Waals surface area (Å²) in [7, 11) is 4.12. The van der Waals surface area contributed by atoms with Crippen molar-refractivity contribution >= 4 is 40.1 Å². The molecule has 3 heterocycles. The third kappa shape index (κ3) is 5.41. The summed E-state index contributed by atoms with van der Waals surface area (Å²) >= 11 is 1.78. The minimum atomic E-state index is 0.0913. The fourth-order valence-corrected chi connectivity index (χ4v) is 6.16. The third-order valence-electron chi connectivity index (χ3n) is 7.13. The van der Waals surface area contributed by atoms with Crippen LogP contribution in [0.15, 0.2) is 59.6 Å². The molecule has 1 aromatic heterocycles. The van der Waals surface area contributed by atoms with Gasteiger partial charge in [-0.2, -0.15) is 0 Å². The van der Waals surface area contributed by atoms with E-state index in [4.69, 9.17) is 0 Å². The number of pyridine rings is 1. The highest BCUT2D eigenvalue weighted by Crippen LogP contribution is 2.31. The summed E-state index contributed by atoms with van der Waals surface area (Å²) < 4.78 is 2.37. The number of anilines is 2. The number of carbonyl (C=O) groups excluding carboxylic acids is 1. The second kappa shape index (κ2) is 10.5. The summed E-state index contributed by atoms with van der Waals surface area (Å²) in [6, 6.07) is 17.2. The first kappa shape index (κ1) is 23.9. The first-order valence-electron chi connectivity index (χ1n) is 12.6. The average molecular weight is 490 g/mol. The molecule has 0 aliphatic carbocycles. The van der Waals surface area contributed by atoms with E-state index in [0.29, 0.717) is 5.91 Å². The lowest BCUT2D eigenvalue weighted by atomic mass is 9.97. The highest BCUT2D eigenvalue weighted by Gasteiger charge is 2.31. The van der Waals surface area contributed by atoms with Crippen LogP contribution >= 0.6 is 11.9 Å². The van der Waals surface area contributed by atoms with Crippen LogP contribution in [0.25, 0.3) is 10.9 Å². The topological polar surface area (TPSA) is 42.9 Å². The fourth-order valence-electron chi connectivity index (χ4n) is 5.13. The molecular formula is C28H35N5OS. The lowest BCUT2D eigenvalue weighted by Gasteiger charge is -2.39. The third-order valence-corrected chi connectivity index (χ3v) is 8.20. The van der Waals surface area contributed by atoms with Gasteiger partial charge in [-0.1, -0.05) is 12.1 Å². The van der Waals surface area contributed by atoms with Gasteiger partial charge in [-0.05, 0) is 73.7 Å². The molecule has 1 atom stereocenters. The molecule has 1 amide bonds. The van der Waals surface area contributed by atoms with Gasteiger partial charge >= 0.3 is 0 Å². The van der Waals surface area contributed by atoms with Crippen molar-refractivity contribution in [3.05, 3.63) is 60.3 Å². The Morgan fingerprint density at radius 2 is 1.77 bits per heavy atom. The molecule has 0 spiro atoms. The smallest absolute Gasteiger partial charge is 0.227 e. The number of rotatable bonds is 5. The highest BCUT2D eigenvalue weighted by atomic mass is 32.2. The largest absolute Gasteiger partial charge is 0.378 e. The van der Waals surface area contributed by atoms with Crippen LogP contribution in [-0.4, -0.2) is 73.5 Å². The van der Waals surface area contributed by atoms with Crippen molar-refractivity contribution in [1.82, 2.24) is 14.2 Å². The first-order chi connectivity index (χ1) is 17.0. The van der Waals surface area contributed by atoms with Gasteiger partial charge in [0, 0.05) is 81.2 Å². The van der Waals surface area contributed by atoms with Gasteiger partial charge in [0.15, 0.2) is 0 Å². The molecule has 0 N–H and O–H groups in total. The second-order valence-corrected chi connectivity index (χ2v) is 11.0. The Kier molecular flexibility index (Phi) is 7.16. The number of hydrogen-bond acceptors (Lipinski definition) is 6. The van der Waals surface area contributed by atoms with Crippen LogP contribution in [0.3, 0.4) is 0 Å². The van der Waals surface area contributed by atoms with Crippen molar-refractivity contribution in [2.24, 2.45) is 5.92 Å². The molecule has 1 unspecified atom stereocenters. The minimum Gasteiger partial charge on any atom is -0.378 e. The standard InChI is InChI=1S/C28H35N5OS/c1-21-6-11-25-26(19-21)29-13-12-27(25)31-15-17-32(18-16-31)28(34)22-5-4-14-33(20-22)35-24-9-7-23(8-10-24)30(2)3/h6-13,19,22H,4-5,14-18,20H2,1-3H3. The molecular weight excluding hydrogens is 454 g/mol. The van der Waals surface area contributed by atoms with Gasteiger partial charge in [0.25, 0.3) is 0 Å². The van der Waals surface area contributed by atoms with Crippen molar-refractivity contribution in [3.8, 4) is 0 Å². The van der Waals surface area contributed by atoms with Crippen molar-refractivity contribution in [2.45, 2.75) is 24.7 Å². The second-order valence-electron chi connectivity index (χ2n) is 9.87. The number of carbonyl (C=O) groups is 1. The van der Waals surface area contributed by atoms with E-state index in [1.807, 2.05) is 6.20 Å². The Morgan fingerprint density at radius 3 is 2.51 bits per heavy atom. The zero-order valence-electron chi connectivity index (χ0n) is 21.0. The number of piperidine rings is 1. The Morgan fingerprint density at radius 1 is 1.00 bits per heavy atom. The van der Waals surface area contributed by atoms with E-state index in [0.717, 1.165) is 57.6 Å². The predicted molar refractivity (Wildman–Crippen MR) is 146 cm³/mol. The molecule has 7 heteroatoms. The Hall–Kier alpha value is -2.77. The fraction of sp³-hybridized carbons (Fsp3) is 0.429. The van der Waals surface area contributed by atoms with Crippen LogP contribution in [0.4, 0.5) is 11.4 Å². The molecule has 3 aromatic rings. The van der Waals surface area contributed by atoms with E-state index in [9.17, 15) is 4.79 Å². The Labute approximate surface area is 213 Å². The zero-order chi connectivity index (χ0) is 24.4. The van der Waals surface area contributed by atoms with Crippen LogP contribution in [0.1, 0.15) is 18.4 Å². The monoisotopic (exact) mass is 489 g/mol. The van der Waals surface area contributed by atoms with Crippen LogP contribution in [0.5, 0.6) is 0 Å². The lowest BCUT2D eigenvalue weighted by Crippen LogP contribution is -2.52. The van der Waals surface area contributed by atoms with Gasteiger partial charge in [0.2, 0.25) is 5.91 Å². The van der Waals surface area contributed by atoms with Crippen LogP contribution in [-0.2, 0) is 4.79 Å². The van der Waals surface area contributed by atoms with Gasteiger partial charge in [0.1, 0.15) is 0 Å². The minimum absolute atomic E-state index is 0.0913.